The lowest BCUT2D eigenvalue weighted by atomic mass is 10.1. The van der Waals surface area contributed by atoms with Gasteiger partial charge in [-0.15, -0.1) is 0 Å². The number of aromatic nitrogens is 1. The second kappa shape index (κ2) is 7.71. The fourth-order valence-corrected chi connectivity index (χ4v) is 3.96. The summed E-state index contributed by atoms with van der Waals surface area (Å²) >= 11 is 0. The van der Waals surface area contributed by atoms with Gasteiger partial charge in [-0.3, -0.25) is 14.8 Å². The first-order chi connectivity index (χ1) is 14.0. The van der Waals surface area contributed by atoms with Gasteiger partial charge in [0, 0.05) is 24.5 Å². The molecule has 0 fully saturated rings. The molecule has 0 unspecified atom stereocenters. The minimum atomic E-state index is -4.71. The third-order valence-electron chi connectivity index (χ3n) is 4.10. The fourth-order valence-electron chi connectivity index (χ4n) is 2.70. The quantitative estimate of drug-likeness (QED) is 0.456. The van der Waals surface area contributed by atoms with E-state index in [1.807, 2.05) is 0 Å². The van der Waals surface area contributed by atoms with E-state index in [1.165, 1.54) is 17.0 Å². The van der Waals surface area contributed by atoms with Crippen molar-refractivity contribution in [2.45, 2.75) is 11.1 Å². The number of ether oxygens (including phenoxy) is 1. The van der Waals surface area contributed by atoms with Crippen LogP contribution in [-0.4, -0.2) is 25.0 Å². The highest BCUT2D eigenvalue weighted by Gasteiger charge is 2.32. The Kier molecular flexibility index (Phi) is 5.44. The Morgan fingerprint density at radius 1 is 1.10 bits per heavy atom. The molecule has 0 bridgehead atoms. The summed E-state index contributed by atoms with van der Waals surface area (Å²) in [6, 6.07) is 8.71. The molecule has 0 radical (unpaired) electrons. The number of nitro benzene ring substituents is 1. The van der Waals surface area contributed by atoms with Gasteiger partial charge in [0.2, 0.25) is 0 Å². The monoisotopic (exact) mass is 441 g/mol. The lowest BCUT2D eigenvalue weighted by Crippen LogP contribution is -2.17. The molecular weight excluding hydrogens is 427 g/mol. The minimum Gasteiger partial charge on any atom is -0.495 e. The third-order valence-corrected chi connectivity index (χ3v) is 5.49. The number of benzene rings is 2. The van der Waals surface area contributed by atoms with E-state index in [0.29, 0.717) is 6.07 Å². The second-order valence-corrected chi connectivity index (χ2v) is 7.67. The molecule has 0 saturated carbocycles. The van der Waals surface area contributed by atoms with Crippen LogP contribution in [0.15, 0.2) is 65.8 Å². The van der Waals surface area contributed by atoms with Gasteiger partial charge in [-0.25, -0.2) is 8.42 Å². The maximum atomic E-state index is 13.2. The van der Waals surface area contributed by atoms with E-state index in [1.54, 1.807) is 12.1 Å². The molecule has 12 heteroatoms. The zero-order valence-electron chi connectivity index (χ0n) is 15.3. The Bertz CT molecular complexity index is 1190. The molecule has 1 aromatic heterocycles. The number of sulfonamides is 1. The number of nitro groups is 1. The number of hydrogen-bond acceptors (Lipinski definition) is 5. The lowest BCUT2D eigenvalue weighted by molar-refractivity contribution is -0.385. The van der Waals surface area contributed by atoms with Crippen molar-refractivity contribution in [1.29, 1.82) is 0 Å². The van der Waals surface area contributed by atoms with E-state index in [-0.39, 0.29) is 17.1 Å². The first-order valence-corrected chi connectivity index (χ1v) is 9.71. The van der Waals surface area contributed by atoms with E-state index in [4.69, 9.17) is 4.74 Å². The Balaban J connectivity index is 2.15. The van der Waals surface area contributed by atoms with Gasteiger partial charge in [0.15, 0.2) is 0 Å². The first-order valence-electron chi connectivity index (χ1n) is 8.23. The molecule has 3 rings (SSSR count). The van der Waals surface area contributed by atoms with Crippen molar-refractivity contribution < 1.29 is 31.2 Å². The normalized spacial score (nSPS) is 11.9. The zero-order chi connectivity index (χ0) is 22.1. The molecule has 1 N–H and O–H groups in total. The topological polar surface area (TPSA) is 103 Å². The van der Waals surface area contributed by atoms with Crippen LogP contribution < -0.4 is 9.46 Å². The molecule has 30 heavy (non-hydrogen) atoms. The summed E-state index contributed by atoms with van der Waals surface area (Å²) in [4.78, 5) is 9.64. The van der Waals surface area contributed by atoms with Gasteiger partial charge in [-0.05, 0) is 36.4 Å². The maximum absolute atomic E-state index is 13.2. The molecule has 3 aromatic rings. The van der Waals surface area contributed by atoms with Crippen LogP contribution in [0.4, 0.5) is 24.5 Å². The largest absolute Gasteiger partial charge is 0.495 e. The van der Waals surface area contributed by atoms with Crippen molar-refractivity contribution in [2.75, 3.05) is 11.8 Å². The Hall–Kier alpha value is -3.54. The molecule has 0 amide bonds. The third kappa shape index (κ3) is 4.22. The van der Waals surface area contributed by atoms with Gasteiger partial charge in [0.1, 0.15) is 10.6 Å². The number of alkyl halides is 3. The van der Waals surface area contributed by atoms with Gasteiger partial charge in [-0.1, -0.05) is 0 Å². The van der Waals surface area contributed by atoms with Crippen molar-refractivity contribution in [3.8, 4) is 11.4 Å². The molecular formula is C18H14F3N3O5S. The predicted molar refractivity (Wildman–Crippen MR) is 101 cm³/mol. The molecule has 1 heterocycles. The number of rotatable bonds is 6. The van der Waals surface area contributed by atoms with E-state index >= 15 is 0 Å². The van der Waals surface area contributed by atoms with Gasteiger partial charge in [0.25, 0.3) is 15.7 Å². The number of hydrogen-bond donors (Lipinski definition) is 1. The summed E-state index contributed by atoms with van der Waals surface area (Å²) in [7, 11) is -3.39. The van der Waals surface area contributed by atoms with Crippen molar-refractivity contribution in [2.24, 2.45) is 0 Å². The molecule has 0 atom stereocenters. The average molecular weight is 441 g/mol. The minimum absolute atomic E-state index is 0.126. The Morgan fingerprint density at radius 2 is 1.77 bits per heavy atom. The van der Waals surface area contributed by atoms with E-state index in [0.717, 1.165) is 37.4 Å². The Morgan fingerprint density at radius 3 is 2.33 bits per heavy atom. The number of nitrogens with zero attached hydrogens (tertiary/aromatic N) is 2. The predicted octanol–water partition coefficient (Wildman–Crippen LogP) is 4.21. The SMILES string of the molecule is COc1ccc([N+](=O)[O-])cc1S(=O)(=O)Nc1cc(C(F)(F)F)ccc1-n1cccc1. The summed E-state index contributed by atoms with van der Waals surface area (Å²) in [5.41, 5.74) is -1.83. The van der Waals surface area contributed by atoms with Crippen LogP contribution in [0.2, 0.25) is 0 Å². The van der Waals surface area contributed by atoms with Crippen LogP contribution in [0.5, 0.6) is 5.75 Å². The number of halogens is 3. The van der Waals surface area contributed by atoms with Crippen LogP contribution in [-0.2, 0) is 16.2 Å². The summed E-state index contributed by atoms with van der Waals surface area (Å²) in [5, 5.41) is 11.0. The number of anilines is 1. The van der Waals surface area contributed by atoms with Gasteiger partial charge < -0.3 is 9.30 Å². The second-order valence-electron chi connectivity index (χ2n) is 6.02. The van der Waals surface area contributed by atoms with E-state index < -0.39 is 37.3 Å². The van der Waals surface area contributed by atoms with E-state index in [9.17, 15) is 31.7 Å². The van der Waals surface area contributed by atoms with Gasteiger partial charge in [-0.2, -0.15) is 13.2 Å². The maximum Gasteiger partial charge on any atom is 0.416 e. The Labute approximate surface area is 168 Å². The smallest absolute Gasteiger partial charge is 0.416 e. The van der Waals surface area contributed by atoms with Crippen molar-refractivity contribution in [3.63, 3.8) is 0 Å². The number of methoxy groups -OCH3 is 1. The lowest BCUT2D eigenvalue weighted by Gasteiger charge is -2.17. The molecule has 0 aliphatic heterocycles. The standard InChI is InChI=1S/C18H14F3N3O5S/c1-29-16-7-5-13(24(25)26)11-17(16)30(27,28)22-14-10-12(18(19,20)21)4-6-15(14)23-8-2-3-9-23/h2-11,22H,1H3. The van der Waals surface area contributed by atoms with Gasteiger partial charge in [0.05, 0.1) is 29.0 Å². The van der Waals surface area contributed by atoms with Crippen LogP contribution in [0.3, 0.4) is 0 Å². The molecule has 2 aromatic carbocycles. The molecule has 0 saturated heterocycles. The molecule has 8 nitrogen and oxygen atoms in total. The molecule has 0 aliphatic rings. The fraction of sp³-hybridized carbons (Fsp3) is 0.111. The van der Waals surface area contributed by atoms with Gasteiger partial charge >= 0.3 is 6.18 Å². The van der Waals surface area contributed by atoms with Crippen molar-refractivity contribution >= 4 is 21.4 Å². The van der Waals surface area contributed by atoms with Crippen molar-refractivity contribution in [1.82, 2.24) is 4.57 Å². The van der Waals surface area contributed by atoms with Crippen LogP contribution in [0.1, 0.15) is 5.56 Å². The van der Waals surface area contributed by atoms with Crippen LogP contribution in [0, 0.1) is 10.1 Å². The average Bonchev–Trinajstić information content (AvgIpc) is 3.20. The summed E-state index contributed by atoms with van der Waals surface area (Å²) in [6.07, 6.45) is -1.67. The summed E-state index contributed by atoms with van der Waals surface area (Å²) in [5.74, 6) is -0.206. The van der Waals surface area contributed by atoms with Crippen LogP contribution in [0.25, 0.3) is 5.69 Å². The molecule has 0 aliphatic carbocycles. The summed E-state index contributed by atoms with van der Waals surface area (Å²) < 4.78 is 73.9. The highest BCUT2D eigenvalue weighted by atomic mass is 32.2. The highest BCUT2D eigenvalue weighted by Crippen LogP contribution is 2.35. The first kappa shape index (κ1) is 21.2. The molecule has 0 spiro atoms. The number of nitrogens with one attached hydrogen (secondary N) is 1. The highest BCUT2D eigenvalue weighted by molar-refractivity contribution is 7.92. The molecule has 158 valence electrons. The van der Waals surface area contributed by atoms with E-state index in [2.05, 4.69) is 4.72 Å². The summed E-state index contributed by atoms with van der Waals surface area (Å²) in [6.45, 7) is 0. The van der Waals surface area contributed by atoms with Crippen molar-refractivity contribution in [3.05, 3.63) is 76.6 Å². The zero-order valence-corrected chi connectivity index (χ0v) is 16.1. The van der Waals surface area contributed by atoms with Crippen LogP contribution >= 0.6 is 0 Å². The number of non-ortho nitro benzene ring substituents is 1.